The van der Waals surface area contributed by atoms with Crippen LogP contribution in [0.3, 0.4) is 0 Å². The van der Waals surface area contributed by atoms with Gasteiger partial charge < -0.3 is 9.30 Å². The van der Waals surface area contributed by atoms with Crippen LogP contribution in [0, 0.1) is 5.92 Å². The minimum atomic E-state index is -3.56. The highest BCUT2D eigenvalue weighted by molar-refractivity contribution is 7.89. The van der Waals surface area contributed by atoms with Crippen molar-refractivity contribution in [2.24, 2.45) is 10.9 Å². The van der Waals surface area contributed by atoms with Crippen molar-refractivity contribution in [1.29, 1.82) is 0 Å². The zero-order chi connectivity index (χ0) is 24.3. The first-order chi connectivity index (χ1) is 16.3. The van der Waals surface area contributed by atoms with Crippen LogP contribution in [-0.4, -0.2) is 42.9 Å². The lowest BCUT2D eigenvalue weighted by Crippen LogP contribution is -2.37. The van der Waals surface area contributed by atoms with Crippen molar-refractivity contribution in [2.75, 3.05) is 19.7 Å². The van der Waals surface area contributed by atoms with E-state index in [4.69, 9.17) is 4.74 Å². The quantitative estimate of drug-likeness (QED) is 0.450. The van der Waals surface area contributed by atoms with Gasteiger partial charge in [0.2, 0.25) is 10.0 Å². The highest BCUT2D eigenvalue weighted by Gasteiger charge is 2.28. The van der Waals surface area contributed by atoms with E-state index in [9.17, 15) is 13.2 Å². The number of piperidine rings is 1. The van der Waals surface area contributed by atoms with Crippen LogP contribution in [0.4, 0.5) is 0 Å². The number of hydrogen-bond acceptors (Lipinski definition) is 5. The normalized spacial score (nSPS) is 16.1. The minimum absolute atomic E-state index is 0.198. The highest BCUT2D eigenvalue weighted by Crippen LogP contribution is 2.28. The number of ether oxygens (including phenoxy) is 1. The summed E-state index contributed by atoms with van der Waals surface area (Å²) in [6, 6.07) is 11.8. The largest absolute Gasteiger partial charge is 0.492 e. The molecule has 3 aromatic rings. The molecule has 0 unspecified atom stereocenters. The van der Waals surface area contributed by atoms with Gasteiger partial charge in [-0.05, 0) is 62.1 Å². The molecule has 0 radical (unpaired) electrons. The third-order valence-corrected chi connectivity index (χ3v) is 8.91. The molecule has 9 heteroatoms. The number of aromatic nitrogens is 1. The molecule has 1 aliphatic rings. The summed E-state index contributed by atoms with van der Waals surface area (Å²) < 4.78 is 36.1. The molecule has 0 bridgehead atoms. The van der Waals surface area contributed by atoms with Gasteiger partial charge in [-0.2, -0.15) is 9.30 Å². The molecule has 0 N–H and O–H groups in total. The number of rotatable bonds is 7. The van der Waals surface area contributed by atoms with Crippen molar-refractivity contribution >= 4 is 37.5 Å². The van der Waals surface area contributed by atoms with E-state index in [1.807, 2.05) is 29.7 Å². The van der Waals surface area contributed by atoms with Crippen LogP contribution in [0.1, 0.15) is 37.0 Å². The average Bonchev–Trinajstić information content (AvgIpc) is 3.17. The van der Waals surface area contributed by atoms with E-state index in [2.05, 4.69) is 18.5 Å². The molecule has 4 rings (SSSR count). The zero-order valence-corrected chi connectivity index (χ0v) is 21.1. The van der Waals surface area contributed by atoms with E-state index in [0.717, 1.165) is 28.8 Å². The highest BCUT2D eigenvalue weighted by atomic mass is 32.2. The number of nitrogens with zero attached hydrogens (tertiary/aromatic N) is 3. The number of benzene rings is 2. The lowest BCUT2D eigenvalue weighted by atomic mass is 10.0. The number of amides is 1. The second kappa shape index (κ2) is 10.2. The molecule has 0 atom stereocenters. The van der Waals surface area contributed by atoms with Crippen LogP contribution in [0.5, 0.6) is 5.75 Å². The van der Waals surface area contributed by atoms with Crippen LogP contribution in [0.25, 0.3) is 10.2 Å². The molecule has 1 aliphatic heterocycles. The Kier molecular flexibility index (Phi) is 7.35. The second-order valence-electron chi connectivity index (χ2n) is 8.35. The number of para-hydroxylation sites is 1. The van der Waals surface area contributed by atoms with Crippen molar-refractivity contribution in [2.45, 2.75) is 38.1 Å². The maximum absolute atomic E-state index is 13.0. The summed E-state index contributed by atoms with van der Waals surface area (Å²) in [5.74, 6) is 0.835. The van der Waals surface area contributed by atoms with Gasteiger partial charge in [0.25, 0.3) is 5.91 Å². The van der Waals surface area contributed by atoms with Gasteiger partial charge in [-0.15, -0.1) is 6.58 Å². The Morgan fingerprint density at radius 3 is 2.56 bits per heavy atom. The summed E-state index contributed by atoms with van der Waals surface area (Å²) in [6.07, 6.45) is 3.47. The monoisotopic (exact) mass is 499 g/mol. The maximum atomic E-state index is 13.0. The predicted molar refractivity (Wildman–Crippen MR) is 135 cm³/mol. The fraction of sp³-hybridized carbons (Fsp3) is 0.360. The molecule has 0 aliphatic carbocycles. The van der Waals surface area contributed by atoms with Crippen molar-refractivity contribution in [3.63, 3.8) is 0 Å². The van der Waals surface area contributed by atoms with Gasteiger partial charge in [-0.3, -0.25) is 4.79 Å². The molecule has 1 aromatic heterocycles. The molecule has 1 fully saturated rings. The molecule has 2 aromatic carbocycles. The molecule has 1 saturated heterocycles. The summed E-state index contributed by atoms with van der Waals surface area (Å²) in [5, 5.41) is 0. The van der Waals surface area contributed by atoms with Crippen molar-refractivity contribution in [3.8, 4) is 5.75 Å². The van der Waals surface area contributed by atoms with Crippen LogP contribution in [0.15, 0.2) is 65.0 Å². The molecule has 0 spiro atoms. The van der Waals surface area contributed by atoms with Gasteiger partial charge in [-0.1, -0.05) is 30.4 Å². The van der Waals surface area contributed by atoms with E-state index in [0.29, 0.717) is 42.5 Å². The Morgan fingerprint density at radius 1 is 1.21 bits per heavy atom. The average molecular weight is 500 g/mol. The third kappa shape index (κ3) is 4.87. The van der Waals surface area contributed by atoms with E-state index >= 15 is 0 Å². The Hall–Kier alpha value is -2.75. The first kappa shape index (κ1) is 24.4. The Morgan fingerprint density at radius 2 is 1.91 bits per heavy atom. The van der Waals surface area contributed by atoms with Crippen molar-refractivity contribution < 1.29 is 17.9 Å². The third-order valence-electron chi connectivity index (χ3n) is 5.95. The SMILES string of the molecule is C=CCn1c(=NC(=O)c2ccc(S(=O)(=O)N3CCC(C)CC3)cc2)sc2cccc(OCC)c21. The Labute approximate surface area is 204 Å². The Bertz CT molecular complexity index is 1360. The van der Waals surface area contributed by atoms with E-state index in [1.165, 1.54) is 39.9 Å². The first-order valence-corrected chi connectivity index (χ1v) is 13.7. The summed E-state index contributed by atoms with van der Waals surface area (Å²) in [6.45, 7) is 9.95. The number of fused-ring (bicyclic) bond motifs is 1. The first-order valence-electron chi connectivity index (χ1n) is 11.4. The number of carbonyl (C=O) groups is 1. The number of hydrogen-bond donors (Lipinski definition) is 0. The van der Waals surface area contributed by atoms with E-state index < -0.39 is 15.9 Å². The molecule has 2 heterocycles. The standard InChI is InChI=1S/C25H29N3O4S2/c1-4-15-28-23-21(32-5-2)7-6-8-22(23)33-25(28)26-24(29)19-9-11-20(12-10-19)34(30,31)27-16-13-18(3)14-17-27/h4,6-12,18H,1,5,13-17H2,2-3H3. The van der Waals surface area contributed by atoms with Crippen LogP contribution < -0.4 is 9.54 Å². The van der Waals surface area contributed by atoms with Crippen molar-refractivity contribution in [1.82, 2.24) is 8.87 Å². The molecule has 1 amide bonds. The van der Waals surface area contributed by atoms with Gasteiger partial charge in [-0.25, -0.2) is 8.42 Å². The summed E-state index contributed by atoms with van der Waals surface area (Å²) in [4.78, 5) is 18.1. The smallest absolute Gasteiger partial charge is 0.279 e. The zero-order valence-electron chi connectivity index (χ0n) is 19.4. The van der Waals surface area contributed by atoms with Gasteiger partial charge in [0.15, 0.2) is 4.80 Å². The van der Waals surface area contributed by atoms with Crippen LogP contribution >= 0.6 is 11.3 Å². The van der Waals surface area contributed by atoms with Gasteiger partial charge in [0, 0.05) is 25.2 Å². The summed E-state index contributed by atoms with van der Waals surface area (Å²) in [7, 11) is -3.56. The number of carbonyl (C=O) groups excluding carboxylic acids is 1. The maximum Gasteiger partial charge on any atom is 0.279 e. The summed E-state index contributed by atoms with van der Waals surface area (Å²) >= 11 is 1.40. The lowest BCUT2D eigenvalue weighted by Gasteiger charge is -2.29. The van der Waals surface area contributed by atoms with Gasteiger partial charge >= 0.3 is 0 Å². The fourth-order valence-electron chi connectivity index (χ4n) is 4.05. The topological polar surface area (TPSA) is 81.0 Å². The molecular weight excluding hydrogens is 470 g/mol. The number of sulfonamides is 1. The van der Waals surface area contributed by atoms with Crippen LogP contribution in [-0.2, 0) is 16.6 Å². The molecule has 7 nitrogen and oxygen atoms in total. The second-order valence-corrected chi connectivity index (χ2v) is 11.3. The van der Waals surface area contributed by atoms with Gasteiger partial charge in [0.05, 0.1) is 16.2 Å². The predicted octanol–water partition coefficient (Wildman–Crippen LogP) is 4.45. The number of allylic oxidation sites excluding steroid dienone is 1. The molecular formula is C25H29N3O4S2. The lowest BCUT2D eigenvalue weighted by molar-refractivity contribution is 0.0997. The molecule has 180 valence electrons. The fourth-order valence-corrected chi connectivity index (χ4v) is 6.57. The van der Waals surface area contributed by atoms with Crippen molar-refractivity contribution in [3.05, 3.63) is 65.5 Å². The van der Waals surface area contributed by atoms with E-state index in [-0.39, 0.29) is 4.90 Å². The summed E-state index contributed by atoms with van der Waals surface area (Å²) in [5.41, 5.74) is 1.21. The van der Waals surface area contributed by atoms with E-state index in [1.54, 1.807) is 6.08 Å². The molecule has 34 heavy (non-hydrogen) atoms. The van der Waals surface area contributed by atoms with Gasteiger partial charge in [0.1, 0.15) is 11.3 Å². The van der Waals surface area contributed by atoms with Crippen LogP contribution in [0.2, 0.25) is 0 Å². The minimum Gasteiger partial charge on any atom is -0.492 e. The Balaban J connectivity index is 1.65. The number of thiazole rings is 1. The molecule has 0 saturated carbocycles.